The van der Waals surface area contributed by atoms with Crippen LogP contribution in [0.3, 0.4) is 0 Å². The molecule has 0 aromatic heterocycles. The molecule has 270 valence electrons. The normalized spacial score (nSPS) is 26.2. The predicted octanol–water partition coefficient (Wildman–Crippen LogP) is 6.87. The number of imide groups is 2. The number of ether oxygens (including phenoxy) is 2. The van der Waals surface area contributed by atoms with E-state index in [4.69, 9.17) is 21.1 Å². The number of halogens is 1. The summed E-state index contributed by atoms with van der Waals surface area (Å²) < 4.78 is 11.8. The number of phenols is 1. The fourth-order valence-electron chi connectivity index (χ4n) is 9.25. The number of rotatable bonds is 7. The van der Waals surface area contributed by atoms with E-state index in [1.807, 2.05) is 62.4 Å². The van der Waals surface area contributed by atoms with E-state index < -0.39 is 46.8 Å². The van der Waals surface area contributed by atoms with Crippen LogP contribution in [-0.2, 0) is 24.6 Å². The summed E-state index contributed by atoms with van der Waals surface area (Å²) in [7, 11) is 2.93. The molecule has 53 heavy (non-hydrogen) atoms. The quantitative estimate of drug-likeness (QED) is 0.156. The van der Waals surface area contributed by atoms with Crippen molar-refractivity contribution >= 4 is 46.6 Å². The number of anilines is 2. The molecule has 2 aliphatic carbocycles. The molecule has 1 saturated carbocycles. The Morgan fingerprint density at radius 3 is 2.15 bits per heavy atom. The first-order valence-electron chi connectivity index (χ1n) is 17.6. The lowest BCUT2D eigenvalue weighted by molar-refractivity contribution is -0.138. The molecular weight excluding hydrogens is 694 g/mol. The summed E-state index contributed by atoms with van der Waals surface area (Å²) in [5.74, 6) is -5.25. The molecule has 0 radical (unpaired) electrons. The molecule has 0 bridgehead atoms. The number of phenolic OH excluding ortho intramolecular Hbond substituents is 1. The molecular formula is C42H38ClN3O7. The topological polar surface area (TPSA) is 125 Å². The average Bonchev–Trinajstić information content (AvgIpc) is 3.54. The van der Waals surface area contributed by atoms with Crippen molar-refractivity contribution in [2.75, 3.05) is 24.5 Å². The molecule has 3 fully saturated rings. The Kier molecular flexibility index (Phi) is 8.33. The van der Waals surface area contributed by atoms with Gasteiger partial charge in [0.1, 0.15) is 17.2 Å². The second-order valence-electron chi connectivity index (χ2n) is 14.3. The maximum atomic E-state index is 15.5. The van der Waals surface area contributed by atoms with Crippen molar-refractivity contribution in [3.8, 4) is 17.2 Å². The van der Waals surface area contributed by atoms with E-state index in [0.29, 0.717) is 27.5 Å². The Morgan fingerprint density at radius 2 is 1.51 bits per heavy atom. The summed E-state index contributed by atoms with van der Waals surface area (Å²) in [6.07, 6.45) is 2.33. The number of hydrogen-bond acceptors (Lipinski definition) is 8. The van der Waals surface area contributed by atoms with Gasteiger partial charge in [-0.3, -0.25) is 24.6 Å². The minimum atomic E-state index is -1.54. The van der Waals surface area contributed by atoms with Gasteiger partial charge in [-0.15, -0.1) is 0 Å². The minimum absolute atomic E-state index is 0.113. The van der Waals surface area contributed by atoms with Crippen LogP contribution in [-0.4, -0.2) is 48.0 Å². The van der Waals surface area contributed by atoms with E-state index in [1.165, 1.54) is 31.3 Å². The molecule has 4 amide bonds. The van der Waals surface area contributed by atoms with Gasteiger partial charge in [-0.1, -0.05) is 77.3 Å². The highest BCUT2D eigenvalue weighted by atomic mass is 35.5. The Labute approximate surface area is 311 Å². The molecule has 6 atom stereocenters. The van der Waals surface area contributed by atoms with Crippen molar-refractivity contribution in [2.24, 2.45) is 23.7 Å². The third-order valence-corrected chi connectivity index (χ3v) is 12.0. The van der Waals surface area contributed by atoms with Gasteiger partial charge in [0, 0.05) is 28.6 Å². The highest BCUT2D eigenvalue weighted by Crippen LogP contribution is 2.66. The van der Waals surface area contributed by atoms with Crippen LogP contribution >= 0.6 is 11.6 Å². The molecule has 4 aromatic carbocycles. The largest absolute Gasteiger partial charge is 0.508 e. The minimum Gasteiger partial charge on any atom is -0.508 e. The molecule has 8 rings (SSSR count). The fraction of sp³-hybridized carbons (Fsp3) is 0.286. The predicted molar refractivity (Wildman–Crippen MR) is 199 cm³/mol. The number of amides is 4. The first-order chi connectivity index (χ1) is 25.5. The molecule has 10 nitrogen and oxygen atoms in total. The Morgan fingerprint density at radius 1 is 0.830 bits per heavy atom. The molecule has 2 heterocycles. The number of benzene rings is 4. The van der Waals surface area contributed by atoms with Crippen molar-refractivity contribution in [3.05, 3.63) is 124 Å². The lowest BCUT2D eigenvalue weighted by atomic mass is 9.49. The third kappa shape index (κ3) is 5.06. The number of aromatic hydroxyl groups is 1. The van der Waals surface area contributed by atoms with Gasteiger partial charge >= 0.3 is 0 Å². The summed E-state index contributed by atoms with van der Waals surface area (Å²) in [6.45, 7) is 3.80. The average molecular weight is 732 g/mol. The number of fused-ring (bicyclic) bond motifs is 4. The van der Waals surface area contributed by atoms with Gasteiger partial charge in [0.05, 0.1) is 48.8 Å². The van der Waals surface area contributed by atoms with Crippen LogP contribution in [0.4, 0.5) is 11.4 Å². The SMILES string of the molecule is COc1cc(O)cc(OC)c1C1C2=CCC3C(=O)N(c4ccc(C)c(Cl)c4)C(=O)C3C2CC2C(=O)N(Nc3ccc(C)cc3)C(=O)C21c1ccccc1. The van der Waals surface area contributed by atoms with E-state index in [2.05, 4.69) is 5.43 Å². The monoisotopic (exact) mass is 731 g/mol. The Hall–Kier alpha value is -5.61. The Bertz CT molecular complexity index is 2200. The number of aryl methyl sites for hydroxylation is 2. The van der Waals surface area contributed by atoms with E-state index in [0.717, 1.165) is 21.7 Å². The van der Waals surface area contributed by atoms with E-state index in [1.54, 1.807) is 30.3 Å². The van der Waals surface area contributed by atoms with Crippen molar-refractivity contribution in [2.45, 2.75) is 38.0 Å². The second-order valence-corrected chi connectivity index (χ2v) is 14.7. The Balaban J connectivity index is 1.36. The highest BCUT2D eigenvalue weighted by molar-refractivity contribution is 6.32. The van der Waals surface area contributed by atoms with Crippen LogP contribution in [0.15, 0.2) is 96.6 Å². The van der Waals surface area contributed by atoms with Gasteiger partial charge in [0.25, 0.3) is 11.8 Å². The first-order valence-corrected chi connectivity index (χ1v) is 17.9. The molecule has 11 heteroatoms. The van der Waals surface area contributed by atoms with Crippen LogP contribution in [0.25, 0.3) is 0 Å². The maximum Gasteiger partial charge on any atom is 0.260 e. The van der Waals surface area contributed by atoms with Gasteiger partial charge in [0.2, 0.25) is 11.8 Å². The maximum absolute atomic E-state index is 15.5. The van der Waals surface area contributed by atoms with Crippen LogP contribution in [0.5, 0.6) is 17.2 Å². The van der Waals surface area contributed by atoms with Crippen molar-refractivity contribution < 1.29 is 33.8 Å². The van der Waals surface area contributed by atoms with Crippen molar-refractivity contribution in [1.82, 2.24) is 5.01 Å². The third-order valence-electron chi connectivity index (χ3n) is 11.6. The molecule has 2 aliphatic heterocycles. The van der Waals surface area contributed by atoms with Gasteiger partial charge in [-0.25, -0.2) is 4.90 Å². The molecule has 2 N–H and O–H groups in total. The fourth-order valence-corrected chi connectivity index (χ4v) is 9.42. The number of hydrazine groups is 1. The standard InChI is InChI=1S/C42H38ClN3O7/c1-22-10-13-25(14-11-22)44-46-39(49)31-21-30-28(16-17-29-35(30)40(50)45(38(29)48)26-15-12-23(2)32(43)18-26)37(36-33(52-3)19-27(47)20-34(36)53-4)42(31,41(46)51)24-8-6-5-7-9-24/h5-16,18-20,29-31,35,37,44,47H,17,21H2,1-4H3. The summed E-state index contributed by atoms with van der Waals surface area (Å²) in [5, 5.41) is 12.3. The van der Waals surface area contributed by atoms with Gasteiger partial charge in [-0.05, 0) is 68.0 Å². The number of allylic oxidation sites excluding steroid dienone is 2. The number of carbonyl (C=O) groups is 4. The summed E-state index contributed by atoms with van der Waals surface area (Å²) in [4.78, 5) is 60.4. The molecule has 0 spiro atoms. The zero-order valence-corrected chi connectivity index (χ0v) is 30.4. The molecule has 4 aromatic rings. The van der Waals surface area contributed by atoms with Crippen LogP contribution in [0.2, 0.25) is 5.02 Å². The molecule has 2 saturated heterocycles. The lowest BCUT2D eigenvalue weighted by Crippen LogP contribution is -2.53. The number of methoxy groups -OCH3 is 2. The lowest BCUT2D eigenvalue weighted by Gasteiger charge is -2.51. The number of nitrogens with one attached hydrogen (secondary N) is 1. The first kappa shape index (κ1) is 34.5. The number of carbonyl (C=O) groups excluding carboxylic acids is 4. The smallest absolute Gasteiger partial charge is 0.260 e. The van der Waals surface area contributed by atoms with Crippen LogP contribution in [0.1, 0.15) is 41.0 Å². The van der Waals surface area contributed by atoms with Gasteiger partial charge in [-0.2, -0.15) is 5.01 Å². The molecule has 4 aliphatic rings. The number of nitrogens with zero attached hydrogens (tertiary/aromatic N) is 2. The molecule has 6 unspecified atom stereocenters. The van der Waals surface area contributed by atoms with Gasteiger partial charge < -0.3 is 14.6 Å². The van der Waals surface area contributed by atoms with E-state index >= 15 is 4.79 Å². The van der Waals surface area contributed by atoms with E-state index in [-0.39, 0.29) is 41.9 Å². The van der Waals surface area contributed by atoms with Crippen LogP contribution < -0.4 is 19.8 Å². The zero-order chi connectivity index (χ0) is 37.3. The summed E-state index contributed by atoms with van der Waals surface area (Å²) in [5.41, 5.74) is 6.12. The van der Waals surface area contributed by atoms with Crippen LogP contribution in [0, 0.1) is 37.5 Å². The zero-order valence-electron chi connectivity index (χ0n) is 29.6. The number of hydrogen-bond donors (Lipinski definition) is 2. The summed E-state index contributed by atoms with van der Waals surface area (Å²) in [6, 6.07) is 24.6. The van der Waals surface area contributed by atoms with Crippen molar-refractivity contribution in [1.29, 1.82) is 0 Å². The van der Waals surface area contributed by atoms with E-state index in [9.17, 15) is 19.5 Å². The van der Waals surface area contributed by atoms with Crippen molar-refractivity contribution in [3.63, 3.8) is 0 Å². The summed E-state index contributed by atoms with van der Waals surface area (Å²) >= 11 is 6.47. The highest BCUT2D eigenvalue weighted by Gasteiger charge is 2.71. The second kappa shape index (κ2) is 12.8. The van der Waals surface area contributed by atoms with Gasteiger partial charge in [0.15, 0.2) is 0 Å².